The van der Waals surface area contributed by atoms with E-state index in [9.17, 15) is 22.8 Å². The van der Waals surface area contributed by atoms with Crippen molar-refractivity contribution in [3.05, 3.63) is 0 Å². The van der Waals surface area contributed by atoms with Crippen LogP contribution < -0.4 is 5.73 Å². The lowest BCUT2D eigenvalue weighted by atomic mass is 10.1. The third kappa shape index (κ3) is 6.10. The molecule has 8 heteroatoms. The van der Waals surface area contributed by atoms with Crippen molar-refractivity contribution in [3.63, 3.8) is 0 Å². The molecule has 1 unspecified atom stereocenters. The Bertz CT molecular complexity index is 292. The number of nitrogens with zero attached hydrogens (tertiary/aromatic N) is 1. The van der Waals surface area contributed by atoms with E-state index < -0.39 is 43.1 Å². The fourth-order valence-corrected chi connectivity index (χ4v) is 1.20. The van der Waals surface area contributed by atoms with E-state index in [1.807, 2.05) is 0 Å². The second-order valence-electron chi connectivity index (χ2n) is 3.88. The minimum atomic E-state index is -4.54. The van der Waals surface area contributed by atoms with Crippen LogP contribution in [0.3, 0.4) is 0 Å². The van der Waals surface area contributed by atoms with E-state index in [2.05, 4.69) is 0 Å². The van der Waals surface area contributed by atoms with Crippen molar-refractivity contribution < 1.29 is 27.9 Å². The number of halogens is 3. The summed E-state index contributed by atoms with van der Waals surface area (Å²) in [6.45, 7) is 1.37. The lowest BCUT2D eigenvalue weighted by molar-refractivity contribution is -0.166. The number of carboxylic acid groups (broad SMARTS) is 1. The highest BCUT2D eigenvalue weighted by atomic mass is 19.4. The predicted octanol–water partition coefficient (Wildman–Crippen LogP) is 0.588. The van der Waals surface area contributed by atoms with Crippen molar-refractivity contribution in [1.82, 2.24) is 4.90 Å². The Hall–Kier alpha value is -1.31. The molecule has 0 aliphatic heterocycles. The topological polar surface area (TPSA) is 83.6 Å². The van der Waals surface area contributed by atoms with Crippen LogP contribution in [0, 0.1) is 0 Å². The number of alkyl halides is 3. The number of rotatable bonds is 5. The minimum absolute atomic E-state index is 0.521. The second-order valence-corrected chi connectivity index (χ2v) is 3.88. The summed E-state index contributed by atoms with van der Waals surface area (Å²) in [7, 11) is 0. The molecule has 5 nitrogen and oxygen atoms in total. The van der Waals surface area contributed by atoms with E-state index in [1.54, 1.807) is 0 Å². The predicted molar refractivity (Wildman–Crippen MR) is 53.1 cm³/mol. The molecule has 0 aliphatic carbocycles. The molecule has 3 N–H and O–H groups in total. The highest BCUT2D eigenvalue weighted by molar-refractivity contribution is 5.86. The van der Waals surface area contributed by atoms with Gasteiger partial charge >= 0.3 is 12.1 Å². The Morgan fingerprint density at radius 1 is 1.35 bits per heavy atom. The molecule has 0 rings (SSSR count). The van der Waals surface area contributed by atoms with Gasteiger partial charge in [0.05, 0.1) is 12.5 Å². The molecule has 0 radical (unpaired) electrons. The first kappa shape index (κ1) is 15.7. The molecule has 0 spiro atoms. The van der Waals surface area contributed by atoms with Gasteiger partial charge in [-0.1, -0.05) is 0 Å². The Labute approximate surface area is 96.4 Å². The lowest BCUT2D eigenvalue weighted by Crippen LogP contribution is -2.51. The van der Waals surface area contributed by atoms with Crippen molar-refractivity contribution in [3.8, 4) is 0 Å². The summed E-state index contributed by atoms with van der Waals surface area (Å²) in [5, 5.41) is 8.41. The SMILES string of the molecule is CC(C)N(CC(F)(F)F)C(=O)C(N)CC(=O)O. The highest BCUT2D eigenvalue weighted by Crippen LogP contribution is 2.18. The van der Waals surface area contributed by atoms with Crippen molar-refractivity contribution in [2.24, 2.45) is 5.73 Å². The summed E-state index contributed by atoms with van der Waals surface area (Å²) in [6, 6.07) is -2.17. The molecular weight excluding hydrogens is 241 g/mol. The third-order valence-corrected chi connectivity index (χ3v) is 1.97. The van der Waals surface area contributed by atoms with Crippen molar-refractivity contribution in [2.75, 3.05) is 6.54 Å². The molecular formula is C9H15F3N2O3. The van der Waals surface area contributed by atoms with E-state index >= 15 is 0 Å². The van der Waals surface area contributed by atoms with Crippen molar-refractivity contribution in [2.45, 2.75) is 38.5 Å². The first-order valence-electron chi connectivity index (χ1n) is 4.89. The zero-order valence-corrected chi connectivity index (χ0v) is 9.49. The van der Waals surface area contributed by atoms with Crippen LogP contribution in [0.2, 0.25) is 0 Å². The van der Waals surface area contributed by atoms with Gasteiger partial charge in [-0.3, -0.25) is 9.59 Å². The van der Waals surface area contributed by atoms with Crippen LogP contribution in [-0.2, 0) is 9.59 Å². The number of amides is 1. The summed E-state index contributed by atoms with van der Waals surface area (Å²) in [5.41, 5.74) is 5.24. The minimum Gasteiger partial charge on any atom is -0.481 e. The van der Waals surface area contributed by atoms with Crippen LogP contribution in [0.4, 0.5) is 13.2 Å². The standard InChI is InChI=1S/C9H15F3N2O3/c1-5(2)14(4-9(10,11)12)8(17)6(13)3-7(15)16/h5-6H,3-4,13H2,1-2H3,(H,15,16). The zero-order chi connectivity index (χ0) is 13.8. The van der Waals surface area contributed by atoms with Gasteiger partial charge in [0.25, 0.3) is 0 Å². The number of carboxylic acids is 1. The second kappa shape index (κ2) is 5.85. The van der Waals surface area contributed by atoms with E-state index in [0.717, 1.165) is 0 Å². The van der Waals surface area contributed by atoms with E-state index in [-0.39, 0.29) is 0 Å². The molecule has 17 heavy (non-hydrogen) atoms. The van der Waals surface area contributed by atoms with Crippen molar-refractivity contribution in [1.29, 1.82) is 0 Å². The molecule has 0 saturated heterocycles. The largest absolute Gasteiger partial charge is 0.481 e. The maximum Gasteiger partial charge on any atom is 0.406 e. The molecule has 0 saturated carbocycles. The first-order valence-corrected chi connectivity index (χ1v) is 4.89. The average molecular weight is 256 g/mol. The molecule has 1 atom stereocenters. The van der Waals surface area contributed by atoms with Crippen LogP contribution in [0.25, 0.3) is 0 Å². The normalized spacial score (nSPS) is 13.6. The van der Waals surface area contributed by atoms with E-state index in [1.165, 1.54) is 13.8 Å². The quantitative estimate of drug-likeness (QED) is 0.754. The number of aliphatic carboxylic acids is 1. The van der Waals surface area contributed by atoms with Crippen LogP contribution in [-0.4, -0.2) is 46.7 Å². The Balaban J connectivity index is 4.71. The molecule has 0 fully saturated rings. The summed E-state index contributed by atoms with van der Waals surface area (Å²) in [5.74, 6) is -2.35. The molecule has 100 valence electrons. The summed E-state index contributed by atoms with van der Waals surface area (Å²) in [4.78, 5) is 22.4. The van der Waals surface area contributed by atoms with Gasteiger partial charge in [0.1, 0.15) is 6.54 Å². The Kier molecular flexibility index (Phi) is 5.40. The summed E-state index contributed by atoms with van der Waals surface area (Å²) < 4.78 is 36.6. The first-order chi connectivity index (χ1) is 7.54. The van der Waals surface area contributed by atoms with Crippen LogP contribution in [0.1, 0.15) is 20.3 Å². The average Bonchev–Trinajstić information content (AvgIpc) is 2.10. The maximum atomic E-state index is 12.2. The van der Waals surface area contributed by atoms with Gasteiger partial charge in [0, 0.05) is 6.04 Å². The van der Waals surface area contributed by atoms with E-state index in [0.29, 0.717) is 4.90 Å². The van der Waals surface area contributed by atoms with Gasteiger partial charge in [0.2, 0.25) is 5.91 Å². The smallest absolute Gasteiger partial charge is 0.406 e. The zero-order valence-electron chi connectivity index (χ0n) is 9.49. The van der Waals surface area contributed by atoms with Crippen LogP contribution >= 0.6 is 0 Å². The highest BCUT2D eigenvalue weighted by Gasteiger charge is 2.36. The fraction of sp³-hybridized carbons (Fsp3) is 0.778. The molecule has 0 aliphatic rings. The molecule has 0 aromatic heterocycles. The number of carbonyl (C=O) groups is 2. The molecule has 0 bridgehead atoms. The van der Waals surface area contributed by atoms with Crippen molar-refractivity contribution >= 4 is 11.9 Å². The Morgan fingerprint density at radius 3 is 2.12 bits per heavy atom. The maximum absolute atomic E-state index is 12.2. The molecule has 0 aromatic carbocycles. The van der Waals surface area contributed by atoms with Gasteiger partial charge in [-0.25, -0.2) is 0 Å². The number of carbonyl (C=O) groups excluding carboxylic acids is 1. The summed E-state index contributed by atoms with van der Waals surface area (Å²) >= 11 is 0. The summed E-state index contributed by atoms with van der Waals surface area (Å²) in [6.07, 6.45) is -5.23. The number of hydrogen-bond acceptors (Lipinski definition) is 3. The van der Waals surface area contributed by atoms with Gasteiger partial charge < -0.3 is 15.7 Å². The van der Waals surface area contributed by atoms with Gasteiger partial charge in [0.15, 0.2) is 0 Å². The molecule has 0 heterocycles. The fourth-order valence-electron chi connectivity index (χ4n) is 1.20. The Morgan fingerprint density at radius 2 is 1.82 bits per heavy atom. The molecule has 0 aromatic rings. The third-order valence-electron chi connectivity index (χ3n) is 1.97. The molecule has 1 amide bonds. The van der Waals surface area contributed by atoms with Gasteiger partial charge in [-0.2, -0.15) is 13.2 Å². The number of nitrogens with two attached hydrogens (primary N) is 1. The lowest BCUT2D eigenvalue weighted by Gasteiger charge is -2.29. The van der Waals surface area contributed by atoms with Gasteiger partial charge in [-0.05, 0) is 13.8 Å². The van der Waals surface area contributed by atoms with Gasteiger partial charge in [-0.15, -0.1) is 0 Å². The number of hydrogen-bond donors (Lipinski definition) is 2. The van der Waals surface area contributed by atoms with Crippen LogP contribution in [0.15, 0.2) is 0 Å². The van der Waals surface area contributed by atoms with E-state index in [4.69, 9.17) is 10.8 Å². The van der Waals surface area contributed by atoms with Crippen LogP contribution in [0.5, 0.6) is 0 Å². The monoisotopic (exact) mass is 256 g/mol.